The topological polar surface area (TPSA) is 60.2 Å². The minimum Gasteiger partial charge on any atom is -0.381 e. The van der Waals surface area contributed by atoms with Gasteiger partial charge < -0.3 is 14.6 Å². The normalized spacial score (nSPS) is 26.0. The fourth-order valence-electron chi connectivity index (χ4n) is 3.90. The molecule has 1 saturated carbocycles. The van der Waals surface area contributed by atoms with Crippen LogP contribution in [-0.2, 0) is 4.74 Å². The lowest BCUT2D eigenvalue weighted by Crippen LogP contribution is -2.45. The highest BCUT2D eigenvalue weighted by molar-refractivity contribution is 5.23. The van der Waals surface area contributed by atoms with Crippen LogP contribution in [0.25, 0.3) is 0 Å². The predicted octanol–water partition coefficient (Wildman–Crippen LogP) is 3.38. The predicted molar refractivity (Wildman–Crippen MR) is 90.7 cm³/mol. The molecule has 128 valence electrons. The third-order valence-electron chi connectivity index (χ3n) is 5.37. The molecule has 0 spiro atoms. The summed E-state index contributed by atoms with van der Waals surface area (Å²) in [4.78, 5) is 4.49. The molecule has 5 heteroatoms. The second-order valence-corrected chi connectivity index (χ2v) is 7.05. The Morgan fingerprint density at radius 2 is 1.88 bits per heavy atom. The van der Waals surface area contributed by atoms with Crippen molar-refractivity contribution < 1.29 is 9.26 Å². The number of ether oxygens (including phenoxy) is 1. The summed E-state index contributed by atoms with van der Waals surface area (Å²) >= 11 is 0. The smallest absolute Gasteiger partial charge is 0.244 e. The molecule has 1 saturated heterocycles. The number of nitrogens with zero attached hydrogens (tertiary/aromatic N) is 2. The van der Waals surface area contributed by atoms with Gasteiger partial charge in [0.1, 0.15) is 0 Å². The monoisotopic (exact) mass is 327 g/mol. The van der Waals surface area contributed by atoms with E-state index in [1.165, 1.54) is 18.4 Å². The number of hydrogen-bond donors (Lipinski definition) is 1. The molecule has 4 rings (SSSR count). The molecule has 0 unspecified atom stereocenters. The van der Waals surface area contributed by atoms with E-state index in [-0.39, 0.29) is 6.04 Å². The number of rotatable bonds is 5. The van der Waals surface area contributed by atoms with Crippen LogP contribution < -0.4 is 5.32 Å². The van der Waals surface area contributed by atoms with Crippen molar-refractivity contribution in [3.05, 3.63) is 47.6 Å². The Kier molecular flexibility index (Phi) is 4.63. The number of nitrogens with one attached hydrogen (secondary N) is 1. The first-order valence-corrected chi connectivity index (χ1v) is 8.98. The van der Waals surface area contributed by atoms with Crippen molar-refractivity contribution in [2.75, 3.05) is 13.2 Å². The summed E-state index contributed by atoms with van der Waals surface area (Å²) in [6, 6.07) is 11.5. The molecule has 2 heterocycles. The van der Waals surface area contributed by atoms with Crippen LogP contribution in [0.4, 0.5) is 0 Å². The Balaban J connectivity index is 1.41. The third kappa shape index (κ3) is 3.37. The van der Waals surface area contributed by atoms with Crippen molar-refractivity contribution in [1.82, 2.24) is 15.5 Å². The van der Waals surface area contributed by atoms with Crippen LogP contribution in [0.2, 0.25) is 0 Å². The van der Waals surface area contributed by atoms with Crippen LogP contribution in [0, 0.1) is 12.8 Å². The highest BCUT2D eigenvalue weighted by Gasteiger charge is 2.36. The van der Waals surface area contributed by atoms with E-state index >= 15 is 0 Å². The molecule has 24 heavy (non-hydrogen) atoms. The Hall–Kier alpha value is -1.72. The van der Waals surface area contributed by atoms with Crippen LogP contribution in [0.5, 0.6) is 0 Å². The van der Waals surface area contributed by atoms with Gasteiger partial charge in [0.2, 0.25) is 5.89 Å². The van der Waals surface area contributed by atoms with Gasteiger partial charge in [-0.2, -0.15) is 4.98 Å². The van der Waals surface area contributed by atoms with Crippen LogP contribution in [0.3, 0.4) is 0 Å². The van der Waals surface area contributed by atoms with Crippen molar-refractivity contribution in [3.63, 3.8) is 0 Å². The highest BCUT2D eigenvalue weighted by Crippen LogP contribution is 2.39. The van der Waals surface area contributed by atoms with Gasteiger partial charge in [0.25, 0.3) is 0 Å². The van der Waals surface area contributed by atoms with Gasteiger partial charge >= 0.3 is 0 Å². The second-order valence-electron chi connectivity index (χ2n) is 7.05. The van der Waals surface area contributed by atoms with E-state index in [4.69, 9.17) is 9.26 Å². The summed E-state index contributed by atoms with van der Waals surface area (Å²) in [7, 11) is 0. The van der Waals surface area contributed by atoms with Gasteiger partial charge in [-0.05, 0) is 50.0 Å². The first-order chi connectivity index (χ1) is 11.8. The van der Waals surface area contributed by atoms with E-state index in [0.29, 0.717) is 23.7 Å². The van der Waals surface area contributed by atoms with Crippen molar-refractivity contribution in [2.45, 2.75) is 50.6 Å². The molecule has 1 aromatic heterocycles. The van der Waals surface area contributed by atoms with E-state index in [2.05, 4.69) is 45.8 Å². The molecule has 2 aromatic rings. The van der Waals surface area contributed by atoms with Crippen molar-refractivity contribution >= 4 is 0 Å². The summed E-state index contributed by atoms with van der Waals surface area (Å²) in [5.41, 5.74) is 1.45. The van der Waals surface area contributed by atoms with Crippen LogP contribution in [0.1, 0.15) is 54.9 Å². The van der Waals surface area contributed by atoms with Crippen LogP contribution >= 0.6 is 0 Å². The average molecular weight is 327 g/mol. The van der Waals surface area contributed by atoms with Gasteiger partial charge in [-0.15, -0.1) is 0 Å². The molecule has 2 aliphatic rings. The van der Waals surface area contributed by atoms with Gasteiger partial charge in [-0.3, -0.25) is 0 Å². The standard InChI is InChI=1S/C19H25N3O2/c1-13-20-19(24-22-13)18(15-7-9-23-10-8-15)21-17-11-16(12-17)14-5-3-2-4-6-14/h2-6,15-18,21H,7-12H2,1H3/t16?,17?,18-/m1/s1. The summed E-state index contributed by atoms with van der Waals surface area (Å²) in [6.07, 6.45) is 4.45. The molecule has 0 radical (unpaired) electrons. The lowest BCUT2D eigenvalue weighted by atomic mass is 9.75. The first kappa shape index (κ1) is 15.8. The maximum atomic E-state index is 5.52. The molecule has 1 atom stereocenters. The summed E-state index contributed by atoms with van der Waals surface area (Å²) < 4.78 is 11.0. The quantitative estimate of drug-likeness (QED) is 0.912. The van der Waals surface area contributed by atoms with Gasteiger partial charge in [0.15, 0.2) is 5.82 Å². The third-order valence-corrected chi connectivity index (χ3v) is 5.37. The van der Waals surface area contributed by atoms with Gasteiger partial charge in [0, 0.05) is 19.3 Å². The fraction of sp³-hybridized carbons (Fsp3) is 0.579. The van der Waals surface area contributed by atoms with Gasteiger partial charge in [0.05, 0.1) is 6.04 Å². The summed E-state index contributed by atoms with van der Waals surface area (Å²) in [6.45, 7) is 3.53. The van der Waals surface area contributed by atoms with Crippen LogP contribution in [-0.4, -0.2) is 29.4 Å². The molecule has 1 aromatic carbocycles. The largest absolute Gasteiger partial charge is 0.381 e. The van der Waals surface area contributed by atoms with Gasteiger partial charge in [-0.1, -0.05) is 35.5 Å². The Bertz CT molecular complexity index is 646. The van der Waals surface area contributed by atoms with E-state index in [1.54, 1.807) is 0 Å². The minimum atomic E-state index is 0.150. The van der Waals surface area contributed by atoms with Crippen molar-refractivity contribution in [3.8, 4) is 0 Å². The molecule has 5 nitrogen and oxygen atoms in total. The SMILES string of the molecule is Cc1noc([C@H](NC2CC(c3ccccc3)C2)C2CCOCC2)n1. The molecule has 1 aliphatic heterocycles. The van der Waals surface area contributed by atoms with E-state index in [9.17, 15) is 0 Å². The van der Waals surface area contributed by atoms with E-state index in [1.807, 2.05) is 6.92 Å². The maximum Gasteiger partial charge on any atom is 0.244 e. The zero-order chi connectivity index (χ0) is 16.4. The molecule has 2 fully saturated rings. The van der Waals surface area contributed by atoms with Crippen molar-refractivity contribution in [1.29, 1.82) is 0 Å². The molecule has 1 N–H and O–H groups in total. The molecule has 1 aliphatic carbocycles. The van der Waals surface area contributed by atoms with Crippen molar-refractivity contribution in [2.24, 2.45) is 5.92 Å². The Morgan fingerprint density at radius 1 is 1.12 bits per heavy atom. The first-order valence-electron chi connectivity index (χ1n) is 8.98. The Labute approximate surface area is 142 Å². The highest BCUT2D eigenvalue weighted by atomic mass is 16.5. The lowest BCUT2D eigenvalue weighted by Gasteiger charge is -2.40. The van der Waals surface area contributed by atoms with Crippen LogP contribution in [0.15, 0.2) is 34.9 Å². The Morgan fingerprint density at radius 3 is 2.54 bits per heavy atom. The molecular weight excluding hydrogens is 302 g/mol. The number of aryl methyl sites for hydroxylation is 1. The number of benzene rings is 1. The van der Waals surface area contributed by atoms with E-state index in [0.717, 1.165) is 31.9 Å². The summed E-state index contributed by atoms with van der Waals surface area (Å²) in [5, 5.41) is 7.79. The number of aromatic nitrogens is 2. The maximum absolute atomic E-state index is 5.52. The zero-order valence-corrected chi connectivity index (χ0v) is 14.1. The molecular formula is C19H25N3O2. The van der Waals surface area contributed by atoms with Gasteiger partial charge in [-0.25, -0.2) is 0 Å². The fourth-order valence-corrected chi connectivity index (χ4v) is 3.90. The summed E-state index contributed by atoms with van der Waals surface area (Å²) in [5.74, 6) is 2.63. The lowest BCUT2D eigenvalue weighted by molar-refractivity contribution is 0.0436. The molecule has 0 bridgehead atoms. The zero-order valence-electron chi connectivity index (χ0n) is 14.1. The second kappa shape index (κ2) is 7.03. The number of hydrogen-bond acceptors (Lipinski definition) is 5. The van der Waals surface area contributed by atoms with E-state index < -0.39 is 0 Å². The minimum absolute atomic E-state index is 0.150. The average Bonchev–Trinajstić information content (AvgIpc) is 3.01. The molecule has 0 amide bonds.